The van der Waals surface area contributed by atoms with Crippen molar-refractivity contribution in [3.8, 4) is 11.8 Å². The summed E-state index contributed by atoms with van der Waals surface area (Å²) in [6.45, 7) is 10.7. The van der Waals surface area contributed by atoms with E-state index in [1.807, 2.05) is 6.07 Å². The number of hydrogen-bond donors (Lipinski definition) is 2. The average Bonchev–Trinajstić information content (AvgIpc) is 2.89. The van der Waals surface area contributed by atoms with Crippen molar-refractivity contribution in [2.45, 2.75) is 39.2 Å². The Morgan fingerprint density at radius 3 is 2.37 bits per heavy atom. The highest BCUT2D eigenvalue weighted by atomic mass is 16.6. The van der Waals surface area contributed by atoms with E-state index < -0.39 is 11.7 Å². The standard InChI is InChI=1S/C30H35N3O5/c1-30(2,3)38-29(36)32-14-7-6-9-21-12-13-24(31-15-8-16-33-17-19-37-20-18-33)26-25(21)27(34)22-10-4-5-11-23(22)28(26)35/h4-5,10-13,31H,7-8,14-20H2,1-3H3,(H,32,36). The molecule has 1 saturated heterocycles. The van der Waals surface area contributed by atoms with Crippen molar-refractivity contribution in [3.05, 3.63) is 64.2 Å². The molecule has 0 bridgehead atoms. The molecule has 0 aromatic heterocycles. The van der Waals surface area contributed by atoms with Crippen LogP contribution < -0.4 is 10.6 Å². The summed E-state index contributed by atoms with van der Waals surface area (Å²) < 4.78 is 10.6. The molecule has 2 aliphatic rings. The summed E-state index contributed by atoms with van der Waals surface area (Å²) in [5.74, 6) is 5.69. The Bertz CT molecular complexity index is 1260. The van der Waals surface area contributed by atoms with Gasteiger partial charge in [0.25, 0.3) is 0 Å². The van der Waals surface area contributed by atoms with E-state index >= 15 is 0 Å². The average molecular weight is 518 g/mol. The third-order valence-corrected chi connectivity index (χ3v) is 6.29. The number of fused-ring (bicyclic) bond motifs is 2. The number of morpholine rings is 1. The van der Waals surface area contributed by atoms with Gasteiger partial charge in [0, 0.05) is 55.0 Å². The zero-order valence-electron chi connectivity index (χ0n) is 22.3. The maximum atomic E-state index is 13.5. The van der Waals surface area contributed by atoms with Crippen molar-refractivity contribution < 1.29 is 23.9 Å². The van der Waals surface area contributed by atoms with Gasteiger partial charge in [0.05, 0.1) is 24.3 Å². The van der Waals surface area contributed by atoms with Gasteiger partial charge < -0.3 is 20.1 Å². The Balaban J connectivity index is 1.50. The van der Waals surface area contributed by atoms with Gasteiger partial charge in [0.2, 0.25) is 0 Å². The second-order valence-corrected chi connectivity index (χ2v) is 10.3. The van der Waals surface area contributed by atoms with E-state index in [1.165, 1.54) is 0 Å². The van der Waals surface area contributed by atoms with Gasteiger partial charge in [0.15, 0.2) is 11.6 Å². The van der Waals surface area contributed by atoms with Crippen molar-refractivity contribution >= 4 is 23.3 Å². The third kappa shape index (κ3) is 6.80. The van der Waals surface area contributed by atoms with Crippen LogP contribution in [0.25, 0.3) is 0 Å². The van der Waals surface area contributed by atoms with Crippen molar-refractivity contribution in [2.75, 3.05) is 51.3 Å². The molecule has 2 aromatic rings. The molecule has 1 fully saturated rings. The molecule has 0 spiro atoms. The number of carbonyl (C=O) groups excluding carboxylic acids is 3. The molecule has 2 aromatic carbocycles. The molecule has 0 unspecified atom stereocenters. The third-order valence-electron chi connectivity index (χ3n) is 6.29. The second-order valence-electron chi connectivity index (χ2n) is 10.3. The largest absolute Gasteiger partial charge is 0.444 e. The predicted molar refractivity (Wildman–Crippen MR) is 146 cm³/mol. The fourth-order valence-corrected chi connectivity index (χ4v) is 4.52. The van der Waals surface area contributed by atoms with Gasteiger partial charge in [-0.05, 0) is 45.9 Å². The summed E-state index contributed by atoms with van der Waals surface area (Å²) in [6.07, 6.45) is 0.770. The zero-order valence-corrected chi connectivity index (χ0v) is 22.3. The van der Waals surface area contributed by atoms with Crippen LogP contribution in [0.3, 0.4) is 0 Å². The van der Waals surface area contributed by atoms with E-state index in [4.69, 9.17) is 9.47 Å². The number of ether oxygens (including phenoxy) is 2. The number of anilines is 1. The predicted octanol–water partition coefficient (Wildman–Crippen LogP) is 3.86. The maximum absolute atomic E-state index is 13.5. The smallest absolute Gasteiger partial charge is 0.407 e. The number of alkyl carbamates (subject to hydrolysis) is 1. The molecular formula is C30H35N3O5. The zero-order chi connectivity index (χ0) is 27.1. The number of amides is 1. The van der Waals surface area contributed by atoms with Crippen LogP contribution in [0.5, 0.6) is 0 Å². The van der Waals surface area contributed by atoms with Gasteiger partial charge in [-0.2, -0.15) is 0 Å². The van der Waals surface area contributed by atoms with Gasteiger partial charge >= 0.3 is 6.09 Å². The van der Waals surface area contributed by atoms with Crippen molar-refractivity contribution in [3.63, 3.8) is 0 Å². The molecule has 2 N–H and O–H groups in total. The molecule has 0 atom stereocenters. The lowest BCUT2D eigenvalue weighted by atomic mass is 9.81. The minimum absolute atomic E-state index is 0.180. The molecule has 4 rings (SSSR count). The van der Waals surface area contributed by atoms with Crippen LogP contribution >= 0.6 is 0 Å². The Morgan fingerprint density at radius 2 is 1.68 bits per heavy atom. The van der Waals surface area contributed by atoms with Crippen molar-refractivity contribution in [1.29, 1.82) is 0 Å². The molecule has 1 amide bonds. The van der Waals surface area contributed by atoms with Gasteiger partial charge in [-0.25, -0.2) is 4.79 Å². The van der Waals surface area contributed by atoms with E-state index in [2.05, 4.69) is 27.4 Å². The van der Waals surface area contributed by atoms with Gasteiger partial charge in [-0.3, -0.25) is 14.5 Å². The molecule has 1 aliphatic carbocycles. The van der Waals surface area contributed by atoms with Crippen LogP contribution in [-0.2, 0) is 9.47 Å². The minimum atomic E-state index is -0.573. The van der Waals surface area contributed by atoms with Gasteiger partial charge in [-0.15, -0.1) is 0 Å². The number of benzene rings is 2. The van der Waals surface area contributed by atoms with E-state index in [1.54, 1.807) is 51.1 Å². The molecule has 8 nitrogen and oxygen atoms in total. The quantitative estimate of drug-likeness (QED) is 0.363. The molecule has 38 heavy (non-hydrogen) atoms. The first-order valence-electron chi connectivity index (χ1n) is 13.1. The first kappa shape index (κ1) is 27.4. The van der Waals surface area contributed by atoms with E-state index in [0.717, 1.165) is 39.3 Å². The van der Waals surface area contributed by atoms with Crippen LogP contribution in [0.4, 0.5) is 10.5 Å². The number of nitrogens with zero attached hydrogens (tertiary/aromatic N) is 1. The Morgan fingerprint density at radius 1 is 1.00 bits per heavy atom. The fraction of sp³-hybridized carbons (Fsp3) is 0.433. The summed E-state index contributed by atoms with van der Waals surface area (Å²) >= 11 is 0. The van der Waals surface area contributed by atoms with Gasteiger partial charge in [0.1, 0.15) is 5.60 Å². The molecule has 0 radical (unpaired) electrons. The summed E-state index contributed by atoms with van der Waals surface area (Å²) in [6, 6.07) is 10.5. The van der Waals surface area contributed by atoms with E-state index in [-0.39, 0.29) is 11.6 Å². The fourth-order valence-electron chi connectivity index (χ4n) is 4.52. The summed E-state index contributed by atoms with van der Waals surface area (Å²) in [7, 11) is 0. The highest BCUT2D eigenvalue weighted by Crippen LogP contribution is 2.34. The Hall–Kier alpha value is -3.67. The molecule has 1 heterocycles. The van der Waals surface area contributed by atoms with Crippen LogP contribution in [0.2, 0.25) is 0 Å². The van der Waals surface area contributed by atoms with E-state index in [9.17, 15) is 14.4 Å². The number of nitrogens with one attached hydrogen (secondary N) is 2. The summed E-state index contributed by atoms with van der Waals surface area (Å²) in [5.41, 5.74) is 2.09. The molecule has 8 heteroatoms. The first-order chi connectivity index (χ1) is 18.2. The number of rotatable bonds is 7. The summed E-state index contributed by atoms with van der Waals surface area (Å²) in [5, 5.41) is 6.06. The summed E-state index contributed by atoms with van der Waals surface area (Å²) in [4.78, 5) is 41.3. The van der Waals surface area contributed by atoms with E-state index in [0.29, 0.717) is 53.0 Å². The molecular weight excluding hydrogens is 482 g/mol. The van der Waals surface area contributed by atoms with Crippen LogP contribution in [0.15, 0.2) is 36.4 Å². The topological polar surface area (TPSA) is 97.0 Å². The lowest BCUT2D eigenvalue weighted by molar-refractivity contribution is 0.0378. The Labute approximate surface area is 224 Å². The molecule has 200 valence electrons. The monoisotopic (exact) mass is 517 g/mol. The SMILES string of the molecule is CC(C)(C)OC(=O)NCCC#Cc1ccc(NCCCN2CCOCC2)c2c1C(=O)c1ccccc1C2=O. The molecule has 1 aliphatic heterocycles. The van der Waals surface area contributed by atoms with Crippen molar-refractivity contribution in [1.82, 2.24) is 10.2 Å². The second kappa shape index (κ2) is 12.2. The minimum Gasteiger partial charge on any atom is -0.444 e. The highest BCUT2D eigenvalue weighted by molar-refractivity contribution is 6.30. The lowest BCUT2D eigenvalue weighted by Crippen LogP contribution is -2.37. The number of hydrogen-bond acceptors (Lipinski definition) is 7. The molecule has 0 saturated carbocycles. The highest BCUT2D eigenvalue weighted by Gasteiger charge is 2.33. The van der Waals surface area contributed by atoms with Crippen LogP contribution in [-0.4, -0.2) is 74.1 Å². The number of carbonyl (C=O) groups is 3. The van der Waals surface area contributed by atoms with Crippen LogP contribution in [0.1, 0.15) is 71.0 Å². The number of ketones is 2. The van der Waals surface area contributed by atoms with Gasteiger partial charge in [-0.1, -0.05) is 36.1 Å². The van der Waals surface area contributed by atoms with Crippen LogP contribution in [0, 0.1) is 11.8 Å². The maximum Gasteiger partial charge on any atom is 0.407 e. The first-order valence-corrected chi connectivity index (χ1v) is 13.1. The Kier molecular flexibility index (Phi) is 8.82. The van der Waals surface area contributed by atoms with Crippen molar-refractivity contribution in [2.24, 2.45) is 0 Å². The lowest BCUT2D eigenvalue weighted by Gasteiger charge is -2.26. The normalized spacial score (nSPS) is 15.1.